The molecule has 5 aromatic carbocycles. The molecule has 9 aromatic rings. The van der Waals surface area contributed by atoms with Crippen molar-refractivity contribution >= 4 is 111 Å². The van der Waals surface area contributed by atoms with Gasteiger partial charge in [-0.1, -0.05) is 107 Å². The zero-order chi connectivity index (χ0) is 72.6. The second-order valence-electron chi connectivity index (χ2n) is 23.3. The van der Waals surface area contributed by atoms with Gasteiger partial charge in [0.25, 0.3) is 6.01 Å². The third-order valence-corrected chi connectivity index (χ3v) is 17.3. The fraction of sp³-hybridized carbons (Fsp3) is 0.309. The van der Waals surface area contributed by atoms with Crippen molar-refractivity contribution in [3.8, 4) is 51.0 Å². The Hall–Kier alpha value is -9.05. The molecule has 0 radical (unpaired) electrons. The van der Waals surface area contributed by atoms with Crippen molar-refractivity contribution in [1.29, 1.82) is 0 Å². The predicted octanol–water partition coefficient (Wildman–Crippen LogP) is 5.78. The molecule has 0 aliphatic rings. The number of anilines is 2. The summed E-state index contributed by atoms with van der Waals surface area (Å²) in [6, 6.07) is 32.3. The Kier molecular flexibility index (Phi) is 28.6. The quantitative estimate of drug-likeness (QED) is 0.0332. The van der Waals surface area contributed by atoms with Crippen molar-refractivity contribution in [2.75, 3.05) is 41.8 Å². The van der Waals surface area contributed by atoms with Crippen LogP contribution in [-0.4, -0.2) is 206 Å². The molecule has 100 heavy (non-hydrogen) atoms. The minimum absolute atomic E-state index is 0. The first-order valence-corrected chi connectivity index (χ1v) is 34.4. The van der Waals surface area contributed by atoms with E-state index in [9.17, 15) is 75.7 Å². The summed E-state index contributed by atoms with van der Waals surface area (Å²) in [5, 5.41) is 85.2. The summed E-state index contributed by atoms with van der Waals surface area (Å²) in [5.41, 5.74) is 8.70. The second kappa shape index (κ2) is 35.8. The van der Waals surface area contributed by atoms with E-state index in [0.717, 1.165) is 43.4 Å². The number of aromatic nitrogens is 10. The maximum Gasteiger partial charge on any atom is 2.00 e. The number of para-hydroxylation sites is 1. The molecular formula is C68H74CaF2N12O15S2. The number of fused-ring (bicyclic) bond motifs is 1. The van der Waals surface area contributed by atoms with Crippen LogP contribution < -0.4 is 23.6 Å². The molecule has 0 aliphatic heterocycles. The van der Waals surface area contributed by atoms with Crippen LogP contribution in [0, 0.1) is 11.6 Å². The smallest absolute Gasteiger partial charge is 0.550 e. The van der Waals surface area contributed by atoms with E-state index in [2.05, 4.69) is 45.5 Å². The number of H-pyrrole nitrogens is 1. The number of carboxylic acid groups (broad SMARTS) is 3. The number of aliphatic hydroxyl groups is 4. The SMILES string of the molecule is CC(C)c1nc(N(C)S(C)(=O)=O)nc(-c2ccc(F)cc2)c1/C=C/[C@@H](O)C[C@@H](O)CC(=O)[O-].CC(C)c1nc(N(C)S(C)(=O)=O)nc(-c2ccc(F)cc2)c1/C=C/[C@@H](O)C[C@@H](O)CC(=O)[O-].CCOc1nc2cccc(C(=O)O)c2n1Cc1ccc(-c2ccccc2-c2nn[nH]n2)cc1.[Ca+2]. The number of ether oxygens (including phenoxy) is 1. The van der Waals surface area contributed by atoms with Crippen LogP contribution in [0.25, 0.3) is 68.2 Å². The molecule has 0 saturated carbocycles. The standard InChI is InChI=1S/C24H20N6O3.2C22H28FN3O6S.Ca/c1-2-33-24-25-20-9-5-8-19(23(31)32)21(20)30(24)14-15-10-12-16(13-11-15)17-6-3-4-7-18(17)22-26-28-29-27-22;2*1-13(2)20-18(10-9-16(27)11-17(28)12-19(29)30)21(14-5-7-15(23)8-6-14)25-22(24-20)26(3)33(4,31)32;/h3-13H,2,14H2,1H3,(H,31,32)(H,26,27,28,29);2*5-10,13,16-17,27-28H,11-12H2,1-4H3,(H,29,30);/q;;;+2/p-2/b;2*10-9+;/t;2*16-,17-;/m.11./s1. The van der Waals surface area contributed by atoms with E-state index < -0.39 is 86.8 Å². The maximum absolute atomic E-state index is 13.5. The van der Waals surface area contributed by atoms with Crippen LogP contribution in [0.15, 0.2) is 127 Å². The zero-order valence-electron chi connectivity index (χ0n) is 56.0. The number of nitrogens with one attached hydrogen (secondary N) is 1. The van der Waals surface area contributed by atoms with E-state index >= 15 is 0 Å². The molecule has 0 amide bonds. The number of benzene rings is 5. The number of aromatic carboxylic acids is 1. The number of carboxylic acids is 3. The summed E-state index contributed by atoms with van der Waals surface area (Å²) in [6.07, 6.45) is 1.16. The van der Waals surface area contributed by atoms with Crippen LogP contribution in [0.5, 0.6) is 6.01 Å². The molecule has 0 aliphatic carbocycles. The molecule has 0 unspecified atom stereocenters. The van der Waals surface area contributed by atoms with Crippen molar-refractivity contribution in [3.63, 3.8) is 0 Å². The van der Waals surface area contributed by atoms with Crippen LogP contribution >= 0.6 is 0 Å². The molecule has 6 N–H and O–H groups in total. The number of imidazole rings is 1. The number of sulfonamides is 2. The van der Waals surface area contributed by atoms with Gasteiger partial charge < -0.3 is 50.1 Å². The summed E-state index contributed by atoms with van der Waals surface area (Å²) < 4.78 is 84.7. The van der Waals surface area contributed by atoms with Gasteiger partial charge >= 0.3 is 43.7 Å². The van der Waals surface area contributed by atoms with Crippen LogP contribution in [-0.2, 0) is 36.2 Å². The summed E-state index contributed by atoms with van der Waals surface area (Å²) in [7, 11) is -4.67. The van der Waals surface area contributed by atoms with E-state index in [1.165, 1.54) is 86.9 Å². The fourth-order valence-corrected chi connectivity index (χ4v) is 10.7. The Morgan fingerprint density at radius 3 is 1.48 bits per heavy atom. The Labute approximate surface area is 605 Å². The minimum atomic E-state index is -3.66. The molecule has 4 atom stereocenters. The molecule has 4 heterocycles. The summed E-state index contributed by atoms with van der Waals surface area (Å²) in [5.74, 6) is -4.75. The third kappa shape index (κ3) is 21.7. The number of halogens is 2. The maximum atomic E-state index is 13.5. The molecule has 0 spiro atoms. The predicted molar refractivity (Wildman–Crippen MR) is 368 cm³/mol. The van der Waals surface area contributed by atoms with Gasteiger partial charge in [0.05, 0.1) is 89.5 Å². The zero-order valence-corrected chi connectivity index (χ0v) is 59.8. The molecule has 9 rings (SSSR count). The number of hydrogen-bond acceptors (Lipinski definition) is 22. The van der Waals surface area contributed by atoms with Crippen molar-refractivity contribution in [2.24, 2.45) is 0 Å². The van der Waals surface area contributed by atoms with Gasteiger partial charge in [-0.2, -0.15) is 10.2 Å². The average Bonchev–Trinajstić information content (AvgIpc) is 1.53. The topological polar surface area (TPSA) is 406 Å². The van der Waals surface area contributed by atoms with Crippen molar-refractivity contribution in [3.05, 3.63) is 173 Å². The van der Waals surface area contributed by atoms with E-state index in [4.69, 9.17) is 4.74 Å². The monoisotopic (exact) mass is 1440 g/mol. The molecular weight excluding hydrogens is 1370 g/mol. The molecule has 4 aromatic heterocycles. The van der Waals surface area contributed by atoms with E-state index in [-0.39, 0.29) is 79.9 Å². The summed E-state index contributed by atoms with van der Waals surface area (Å²) in [6.45, 7) is 10.1. The summed E-state index contributed by atoms with van der Waals surface area (Å²) in [4.78, 5) is 55.2. The van der Waals surface area contributed by atoms with Crippen LogP contribution in [0.1, 0.15) is 111 Å². The third-order valence-electron chi connectivity index (χ3n) is 15.0. The van der Waals surface area contributed by atoms with Crippen molar-refractivity contribution in [1.82, 2.24) is 50.1 Å². The largest absolute Gasteiger partial charge is 2.00 e. The van der Waals surface area contributed by atoms with Crippen LogP contribution in [0.4, 0.5) is 20.7 Å². The van der Waals surface area contributed by atoms with Crippen LogP contribution in [0.2, 0.25) is 0 Å². The minimum Gasteiger partial charge on any atom is -0.550 e. The first kappa shape index (κ1) is 79.9. The normalized spacial score (nSPS) is 12.8. The Balaban J connectivity index is 0.000000235. The van der Waals surface area contributed by atoms with Gasteiger partial charge in [0.15, 0.2) is 0 Å². The van der Waals surface area contributed by atoms with Gasteiger partial charge in [0.2, 0.25) is 37.8 Å². The van der Waals surface area contributed by atoms with Gasteiger partial charge in [0, 0.05) is 79.5 Å². The molecule has 27 nitrogen and oxygen atoms in total. The molecule has 0 fully saturated rings. The van der Waals surface area contributed by atoms with Crippen molar-refractivity contribution < 1.29 is 80.5 Å². The fourth-order valence-electron chi connectivity index (χ4n) is 9.97. The average molecular weight is 1440 g/mol. The van der Waals surface area contributed by atoms with E-state index in [0.29, 0.717) is 81.0 Å². The second-order valence-corrected chi connectivity index (χ2v) is 27.3. The number of nitrogens with zero attached hydrogens (tertiary/aromatic N) is 11. The first-order valence-electron chi connectivity index (χ1n) is 30.7. The molecule has 524 valence electrons. The van der Waals surface area contributed by atoms with E-state index in [1.807, 2.05) is 87.7 Å². The number of carbonyl (C=O) groups excluding carboxylic acids is 2. The Bertz CT molecular complexity index is 4410. The van der Waals surface area contributed by atoms with Gasteiger partial charge in [-0.3, -0.25) is 4.57 Å². The number of tetrazole rings is 1. The molecule has 0 saturated heterocycles. The Morgan fingerprint density at radius 2 is 1.08 bits per heavy atom. The van der Waals surface area contributed by atoms with Gasteiger partial charge in [-0.25, -0.2) is 59.0 Å². The van der Waals surface area contributed by atoms with Gasteiger partial charge in [0.1, 0.15) is 11.6 Å². The van der Waals surface area contributed by atoms with E-state index in [1.54, 1.807) is 18.2 Å². The van der Waals surface area contributed by atoms with Gasteiger partial charge in [-0.15, -0.1) is 10.2 Å². The first-order chi connectivity index (χ1) is 46.7. The summed E-state index contributed by atoms with van der Waals surface area (Å²) >= 11 is 0. The number of aliphatic carboxylic acids is 2. The van der Waals surface area contributed by atoms with Gasteiger partial charge in [-0.05, 0) is 101 Å². The van der Waals surface area contributed by atoms with Crippen LogP contribution in [0.3, 0.4) is 0 Å². The number of carbonyl (C=O) groups is 3. The number of aliphatic hydroxyl groups excluding tert-OH is 4. The van der Waals surface area contributed by atoms with Crippen molar-refractivity contribution in [2.45, 2.75) is 103 Å². The number of hydrogen-bond donors (Lipinski definition) is 6. The Morgan fingerprint density at radius 1 is 0.630 bits per heavy atom. The molecule has 0 bridgehead atoms. The number of aromatic amines is 1. The molecule has 32 heteroatoms. The number of rotatable bonds is 27.